The van der Waals surface area contributed by atoms with Crippen LogP contribution in [0.4, 0.5) is 0 Å². The van der Waals surface area contributed by atoms with Crippen LogP contribution in [0.3, 0.4) is 0 Å². The molecule has 186 valence electrons. The Bertz CT molecular complexity index is 1130. The summed E-state index contributed by atoms with van der Waals surface area (Å²) >= 11 is 1.47. The minimum atomic E-state index is 0. The zero-order chi connectivity index (χ0) is 27.8. The quantitative estimate of drug-likeness (QED) is 0.162. The van der Waals surface area contributed by atoms with E-state index in [1.807, 2.05) is 30.7 Å². The molecule has 3 aromatic carbocycles. The average molecular weight is 677 g/mol. The van der Waals surface area contributed by atoms with Gasteiger partial charge in [-0.25, -0.2) is 0 Å². The molecule has 0 spiro atoms. The van der Waals surface area contributed by atoms with Gasteiger partial charge >= 0.3 is 200 Å². The van der Waals surface area contributed by atoms with Crippen molar-refractivity contribution in [2.45, 2.75) is 41.5 Å². The second kappa shape index (κ2) is 19.9. The standard InChI is InChI=1S/C24H25.C5H5.3CO.Mo.Sn/c1-15-10-17(3)23(18(4)11-15)21-8-7-9-22(14-21)24-19(5)12-16(2)13-20(24)6;1-2-4-5-3-1;3*1-2;;/h7-13H,1-6H3;1-5H;;;;;. The van der Waals surface area contributed by atoms with E-state index in [0.29, 0.717) is 0 Å². The van der Waals surface area contributed by atoms with Crippen molar-refractivity contribution in [1.82, 2.24) is 0 Å². The summed E-state index contributed by atoms with van der Waals surface area (Å²) in [4.78, 5) is 0. The molecule has 0 saturated heterocycles. The third kappa shape index (κ3) is 10.6. The van der Waals surface area contributed by atoms with Gasteiger partial charge in [-0.3, -0.25) is 0 Å². The maximum atomic E-state index is 7.50. The average Bonchev–Trinajstić information content (AvgIpc) is 3.44. The Balaban J connectivity index is 0. The Kier molecular flexibility index (Phi) is 19.9. The smallest absolute Gasteiger partial charge is 0.00506 e. The maximum absolute atomic E-state index is 7.50. The Hall–Kier alpha value is -2.15. The molecule has 0 saturated carbocycles. The molecule has 37 heavy (non-hydrogen) atoms. The van der Waals surface area contributed by atoms with Crippen LogP contribution < -0.4 is 3.58 Å². The SMILES string of the molecule is Cc1cc(C)c(-c2cccc(-c3c(C)cc(C)cc3C)[c]2[Sn])c(C)c1.[C-]#[O+].[C-]#[O+].[C-]#[O+].[CH]1C=CC=C1.[Mo]. The fourth-order valence-electron chi connectivity index (χ4n) is 4.50. The van der Waals surface area contributed by atoms with E-state index in [2.05, 4.69) is 104 Å². The Morgan fingerprint density at radius 1 is 0.541 bits per heavy atom. The number of hydrogen-bond acceptors (Lipinski definition) is 0. The van der Waals surface area contributed by atoms with Gasteiger partial charge in [0.05, 0.1) is 0 Å². The van der Waals surface area contributed by atoms with Gasteiger partial charge in [0, 0.05) is 27.5 Å². The van der Waals surface area contributed by atoms with Gasteiger partial charge in [0.2, 0.25) is 0 Å². The summed E-state index contributed by atoms with van der Waals surface area (Å²) in [7, 11) is 0. The molecule has 4 rings (SSSR count). The summed E-state index contributed by atoms with van der Waals surface area (Å²) in [5, 5.41) is 0. The second-order valence-electron chi connectivity index (χ2n) is 8.24. The van der Waals surface area contributed by atoms with Crippen molar-refractivity contribution in [3.63, 3.8) is 0 Å². The second-order valence-corrected chi connectivity index (χ2v) is 9.66. The van der Waals surface area contributed by atoms with Gasteiger partial charge in [-0.05, 0) is 0 Å². The van der Waals surface area contributed by atoms with Gasteiger partial charge < -0.3 is 0 Å². The molecule has 0 heterocycles. The van der Waals surface area contributed by atoms with E-state index in [4.69, 9.17) is 14.0 Å². The molecule has 0 unspecified atom stereocenters. The van der Waals surface area contributed by atoms with Gasteiger partial charge in [0.1, 0.15) is 0 Å². The number of aryl methyl sites for hydroxylation is 6. The molecule has 0 aliphatic heterocycles. The van der Waals surface area contributed by atoms with Crippen molar-refractivity contribution in [2.24, 2.45) is 0 Å². The Morgan fingerprint density at radius 2 is 0.838 bits per heavy atom. The van der Waals surface area contributed by atoms with Gasteiger partial charge in [0.15, 0.2) is 0 Å². The van der Waals surface area contributed by atoms with Crippen molar-refractivity contribution in [3.05, 3.63) is 127 Å². The van der Waals surface area contributed by atoms with Crippen LogP contribution in [0.25, 0.3) is 22.3 Å². The molecule has 1 aliphatic rings. The van der Waals surface area contributed by atoms with Gasteiger partial charge in [-0.1, -0.05) is 24.3 Å². The first-order valence-electron chi connectivity index (χ1n) is 11.1. The van der Waals surface area contributed by atoms with Crippen molar-refractivity contribution in [3.8, 4) is 22.3 Å². The van der Waals surface area contributed by atoms with Crippen LogP contribution in [0, 0.1) is 67.9 Å². The summed E-state index contributed by atoms with van der Waals surface area (Å²) in [5.74, 6) is 0. The predicted molar refractivity (Wildman–Crippen MR) is 145 cm³/mol. The van der Waals surface area contributed by atoms with Crippen LogP contribution in [-0.4, -0.2) is 22.5 Å². The summed E-state index contributed by atoms with van der Waals surface area (Å²) < 4.78 is 24.0. The van der Waals surface area contributed by atoms with Crippen LogP contribution in [-0.2, 0) is 35.0 Å². The summed E-state index contributed by atoms with van der Waals surface area (Å²) in [6, 6.07) is 16.0. The fourth-order valence-corrected chi connectivity index (χ4v) is 5.69. The number of allylic oxidation sites excluding steroid dienone is 4. The van der Waals surface area contributed by atoms with Crippen LogP contribution in [0.5, 0.6) is 0 Å². The molecular formula is C32H30MoO3Sn. The molecule has 0 bridgehead atoms. The summed E-state index contributed by atoms with van der Waals surface area (Å²) in [6.45, 7) is 26.8. The zero-order valence-electron chi connectivity index (χ0n) is 22.1. The van der Waals surface area contributed by atoms with Crippen LogP contribution >= 0.6 is 0 Å². The molecule has 0 amide bonds. The van der Waals surface area contributed by atoms with E-state index in [9.17, 15) is 0 Å². The molecule has 0 N–H and O–H groups in total. The van der Waals surface area contributed by atoms with Gasteiger partial charge in [0.25, 0.3) is 0 Å². The topological polar surface area (TPSA) is 59.7 Å². The largest absolute Gasteiger partial charge is 0.0767 e. The third-order valence-electron chi connectivity index (χ3n) is 5.51. The maximum Gasteiger partial charge on any atom is 0.00506 e. The van der Waals surface area contributed by atoms with E-state index < -0.39 is 0 Å². The minimum Gasteiger partial charge on any atom is -0.0767 e. The monoisotopic (exact) mass is 680 g/mol. The number of rotatable bonds is 2. The van der Waals surface area contributed by atoms with Crippen LogP contribution in [0.1, 0.15) is 33.4 Å². The first-order valence-corrected chi connectivity index (χ1v) is 12.5. The predicted octanol–water partition coefficient (Wildman–Crippen LogP) is 6.87. The van der Waals surface area contributed by atoms with Gasteiger partial charge in [-0.15, -0.1) is 0 Å². The van der Waals surface area contributed by atoms with Crippen molar-refractivity contribution >= 4 is 26.1 Å². The normalized spacial score (nSPS) is 9.97. The number of hydrogen-bond donors (Lipinski definition) is 0. The minimum absolute atomic E-state index is 0. The van der Waals surface area contributed by atoms with Crippen molar-refractivity contribution in [1.29, 1.82) is 0 Å². The fraction of sp³-hybridized carbons (Fsp3) is 0.188. The summed E-state index contributed by atoms with van der Waals surface area (Å²) in [6.07, 6.45) is 10.0. The molecule has 0 aromatic heterocycles. The van der Waals surface area contributed by atoms with E-state index in [1.54, 1.807) is 0 Å². The van der Waals surface area contributed by atoms with E-state index >= 15 is 0 Å². The third-order valence-corrected chi connectivity index (χ3v) is 7.05. The van der Waals surface area contributed by atoms with E-state index in [1.165, 1.54) is 81.7 Å². The van der Waals surface area contributed by atoms with E-state index in [-0.39, 0.29) is 21.1 Å². The van der Waals surface area contributed by atoms with Crippen molar-refractivity contribution in [2.75, 3.05) is 0 Å². The molecule has 1 aliphatic carbocycles. The Labute approximate surface area is 250 Å². The zero-order valence-corrected chi connectivity index (χ0v) is 26.9. The molecular weight excluding hydrogens is 647 g/mol. The molecule has 4 radical (unpaired) electrons. The first kappa shape index (κ1) is 37.0. The van der Waals surface area contributed by atoms with E-state index in [0.717, 1.165) is 0 Å². The molecule has 0 fully saturated rings. The summed E-state index contributed by atoms with van der Waals surface area (Å²) in [5.41, 5.74) is 13.8. The van der Waals surface area contributed by atoms with Gasteiger partial charge in [-0.2, -0.15) is 0 Å². The van der Waals surface area contributed by atoms with Crippen LogP contribution in [0.15, 0.2) is 66.8 Å². The molecule has 3 aromatic rings. The van der Waals surface area contributed by atoms with Crippen LogP contribution in [0.2, 0.25) is 0 Å². The first-order chi connectivity index (χ1) is 17.3. The molecule has 3 nitrogen and oxygen atoms in total. The number of benzene rings is 3. The molecule has 0 atom stereocenters. The Morgan fingerprint density at radius 3 is 1.08 bits per heavy atom. The molecule has 5 heteroatoms. The van der Waals surface area contributed by atoms with Crippen molar-refractivity contribution < 1.29 is 35.0 Å².